The molecule has 0 saturated carbocycles. The fourth-order valence-corrected chi connectivity index (χ4v) is 3.35. The zero-order valence-corrected chi connectivity index (χ0v) is 14.0. The summed E-state index contributed by atoms with van der Waals surface area (Å²) in [7, 11) is -0.638. The molecule has 0 aliphatic carbocycles. The van der Waals surface area contributed by atoms with Gasteiger partial charge in [-0.2, -0.15) is 5.10 Å². The Morgan fingerprint density at radius 2 is 1.79 bits per heavy atom. The van der Waals surface area contributed by atoms with Gasteiger partial charge in [0.1, 0.15) is 10.6 Å². The van der Waals surface area contributed by atoms with Gasteiger partial charge in [0.05, 0.1) is 6.20 Å². The topological polar surface area (TPSA) is 86.0 Å². The lowest BCUT2D eigenvalue weighted by Crippen LogP contribution is -2.31. The van der Waals surface area contributed by atoms with E-state index in [2.05, 4.69) is 9.82 Å². The lowest BCUT2D eigenvalue weighted by molar-refractivity contribution is 0.0973. The van der Waals surface area contributed by atoms with E-state index < -0.39 is 15.9 Å². The molecule has 8 heteroatoms. The average molecular weight is 344 g/mol. The Morgan fingerprint density at radius 3 is 2.42 bits per heavy atom. The molecule has 124 valence electrons. The minimum Gasteiger partial charge on any atom is -0.340 e. The molecule has 0 aliphatic heterocycles. The van der Waals surface area contributed by atoms with E-state index in [1.165, 1.54) is 17.1 Å². The van der Waals surface area contributed by atoms with Crippen molar-refractivity contribution in [3.63, 3.8) is 0 Å². The van der Waals surface area contributed by atoms with Crippen LogP contribution in [0.25, 0.3) is 11.3 Å². The average Bonchev–Trinajstić information content (AvgIpc) is 3.14. The second-order valence-electron chi connectivity index (χ2n) is 5.31. The van der Waals surface area contributed by atoms with Crippen molar-refractivity contribution in [2.24, 2.45) is 14.1 Å². The molecule has 0 spiro atoms. The summed E-state index contributed by atoms with van der Waals surface area (Å²) in [4.78, 5) is 12.3. The highest BCUT2D eigenvalue weighted by molar-refractivity contribution is 7.90. The number of nitrogens with one attached hydrogen (secondary N) is 1. The molecule has 1 amide bonds. The Balaban J connectivity index is 1.88. The molecular formula is C16H16N4O3S. The molecule has 0 atom stereocenters. The van der Waals surface area contributed by atoms with Crippen LogP contribution in [0.1, 0.15) is 10.5 Å². The molecular weight excluding hydrogens is 328 g/mol. The van der Waals surface area contributed by atoms with Gasteiger partial charge in [-0.3, -0.25) is 9.48 Å². The summed E-state index contributed by atoms with van der Waals surface area (Å²) >= 11 is 0. The Morgan fingerprint density at radius 1 is 1.08 bits per heavy atom. The lowest BCUT2D eigenvalue weighted by Gasteiger charge is -2.08. The summed E-state index contributed by atoms with van der Waals surface area (Å²) in [5, 5.41) is 3.81. The Bertz CT molecular complexity index is 988. The maximum absolute atomic E-state index is 12.4. The summed E-state index contributed by atoms with van der Waals surface area (Å²) in [5.41, 5.74) is 2.01. The molecule has 3 aromatic rings. The van der Waals surface area contributed by atoms with Crippen LogP contribution in [0.2, 0.25) is 0 Å². The SMILES string of the molecule is Cn1cc(S(=O)(=O)NC(=O)c2ccc(-c3ccccc3)n2C)cn1. The molecule has 7 nitrogen and oxygen atoms in total. The maximum Gasteiger partial charge on any atom is 0.281 e. The van der Waals surface area contributed by atoms with E-state index in [1.54, 1.807) is 30.8 Å². The maximum atomic E-state index is 12.4. The highest BCUT2D eigenvalue weighted by Crippen LogP contribution is 2.21. The molecule has 0 aliphatic rings. The van der Waals surface area contributed by atoms with Gasteiger partial charge in [-0.25, -0.2) is 13.1 Å². The van der Waals surface area contributed by atoms with E-state index in [-0.39, 0.29) is 10.6 Å². The third-order valence-electron chi connectivity index (χ3n) is 3.64. The summed E-state index contributed by atoms with van der Waals surface area (Å²) in [6.07, 6.45) is 2.52. The molecule has 0 unspecified atom stereocenters. The van der Waals surface area contributed by atoms with Crippen molar-refractivity contribution < 1.29 is 13.2 Å². The van der Waals surface area contributed by atoms with Gasteiger partial charge in [0.2, 0.25) is 0 Å². The summed E-state index contributed by atoms with van der Waals surface area (Å²) < 4.78 is 29.5. The molecule has 0 saturated heterocycles. The smallest absolute Gasteiger partial charge is 0.281 e. The van der Waals surface area contributed by atoms with Crippen LogP contribution in [0.3, 0.4) is 0 Å². The minimum atomic E-state index is -3.96. The Labute approximate surface area is 139 Å². The predicted octanol–water partition coefficient (Wildman–Crippen LogP) is 1.54. The second-order valence-corrected chi connectivity index (χ2v) is 7.00. The number of hydrogen-bond donors (Lipinski definition) is 1. The van der Waals surface area contributed by atoms with Crippen LogP contribution in [0.4, 0.5) is 0 Å². The standard InChI is InChI=1S/C16H16N4O3S/c1-19-11-13(10-17-19)24(22,23)18-16(21)15-9-8-14(20(15)2)12-6-4-3-5-7-12/h3-11H,1-2H3,(H,18,21). The van der Waals surface area contributed by atoms with E-state index >= 15 is 0 Å². The molecule has 2 heterocycles. The van der Waals surface area contributed by atoms with Gasteiger partial charge in [0, 0.05) is 26.0 Å². The number of carbonyl (C=O) groups is 1. The normalized spacial score (nSPS) is 11.4. The van der Waals surface area contributed by atoms with Crippen molar-refractivity contribution in [1.29, 1.82) is 0 Å². The first-order chi connectivity index (χ1) is 11.4. The zero-order chi connectivity index (χ0) is 17.3. The molecule has 2 aromatic heterocycles. The molecule has 0 fully saturated rings. The molecule has 3 rings (SSSR count). The van der Waals surface area contributed by atoms with Crippen LogP contribution < -0.4 is 4.72 Å². The molecule has 24 heavy (non-hydrogen) atoms. The van der Waals surface area contributed by atoms with Crippen LogP contribution in [-0.2, 0) is 24.1 Å². The minimum absolute atomic E-state index is 0.0594. The molecule has 1 N–H and O–H groups in total. The molecule has 1 aromatic carbocycles. The van der Waals surface area contributed by atoms with E-state index in [1.807, 2.05) is 30.3 Å². The number of hydrogen-bond acceptors (Lipinski definition) is 4. The number of benzene rings is 1. The van der Waals surface area contributed by atoms with Crippen LogP contribution in [0, 0.1) is 0 Å². The second kappa shape index (κ2) is 5.97. The largest absolute Gasteiger partial charge is 0.340 e. The lowest BCUT2D eigenvalue weighted by atomic mass is 10.2. The summed E-state index contributed by atoms with van der Waals surface area (Å²) in [6, 6.07) is 12.9. The fourth-order valence-electron chi connectivity index (χ4n) is 2.41. The van der Waals surface area contributed by atoms with Crippen LogP contribution >= 0.6 is 0 Å². The number of carbonyl (C=O) groups excluding carboxylic acids is 1. The van der Waals surface area contributed by atoms with Crippen molar-refractivity contribution in [3.8, 4) is 11.3 Å². The van der Waals surface area contributed by atoms with Gasteiger partial charge in [-0.1, -0.05) is 30.3 Å². The first-order valence-corrected chi connectivity index (χ1v) is 8.64. The number of amides is 1. The van der Waals surface area contributed by atoms with Crippen molar-refractivity contribution in [1.82, 2.24) is 19.1 Å². The highest BCUT2D eigenvalue weighted by Gasteiger charge is 2.22. The monoisotopic (exact) mass is 344 g/mol. The highest BCUT2D eigenvalue weighted by atomic mass is 32.2. The number of nitrogens with zero attached hydrogens (tertiary/aromatic N) is 3. The first kappa shape index (κ1) is 16.0. The number of sulfonamides is 1. The van der Waals surface area contributed by atoms with Crippen molar-refractivity contribution in [2.45, 2.75) is 4.90 Å². The van der Waals surface area contributed by atoms with Crippen LogP contribution in [0.5, 0.6) is 0 Å². The van der Waals surface area contributed by atoms with E-state index in [4.69, 9.17) is 0 Å². The van der Waals surface area contributed by atoms with E-state index in [9.17, 15) is 13.2 Å². The third kappa shape index (κ3) is 2.95. The van der Waals surface area contributed by atoms with Gasteiger partial charge >= 0.3 is 0 Å². The Kier molecular flexibility index (Phi) is 3.98. The van der Waals surface area contributed by atoms with Crippen molar-refractivity contribution in [3.05, 3.63) is 60.6 Å². The van der Waals surface area contributed by atoms with E-state index in [0.717, 1.165) is 11.3 Å². The number of aryl methyl sites for hydroxylation is 1. The molecule has 0 bridgehead atoms. The summed E-state index contributed by atoms with van der Waals surface area (Å²) in [5.74, 6) is -0.691. The van der Waals surface area contributed by atoms with Gasteiger partial charge in [-0.15, -0.1) is 0 Å². The van der Waals surface area contributed by atoms with Crippen molar-refractivity contribution in [2.75, 3.05) is 0 Å². The Hall–Kier alpha value is -2.87. The van der Waals surface area contributed by atoms with Gasteiger partial charge < -0.3 is 4.57 Å². The first-order valence-electron chi connectivity index (χ1n) is 7.15. The van der Waals surface area contributed by atoms with Crippen LogP contribution in [-0.4, -0.2) is 28.7 Å². The van der Waals surface area contributed by atoms with Gasteiger partial charge in [0.15, 0.2) is 0 Å². The third-order valence-corrected chi connectivity index (χ3v) is 4.93. The van der Waals surface area contributed by atoms with Gasteiger partial charge in [-0.05, 0) is 17.7 Å². The van der Waals surface area contributed by atoms with Crippen LogP contribution in [0.15, 0.2) is 59.8 Å². The quantitative estimate of drug-likeness (QED) is 0.778. The summed E-state index contributed by atoms with van der Waals surface area (Å²) in [6.45, 7) is 0. The zero-order valence-electron chi connectivity index (χ0n) is 13.2. The van der Waals surface area contributed by atoms with Crippen molar-refractivity contribution >= 4 is 15.9 Å². The van der Waals surface area contributed by atoms with Gasteiger partial charge in [0.25, 0.3) is 15.9 Å². The number of rotatable bonds is 4. The number of aromatic nitrogens is 3. The van der Waals surface area contributed by atoms with E-state index in [0.29, 0.717) is 0 Å². The predicted molar refractivity (Wildman–Crippen MR) is 88.7 cm³/mol. The molecule has 0 radical (unpaired) electrons. The fraction of sp³-hybridized carbons (Fsp3) is 0.125.